The number of carbonyl (C=O) groups excluding carboxylic acids is 2. The van der Waals surface area contributed by atoms with E-state index >= 15 is 0 Å². The molecule has 0 bridgehead atoms. The van der Waals surface area contributed by atoms with Crippen LogP contribution in [-0.4, -0.2) is 55.3 Å². The van der Waals surface area contributed by atoms with E-state index in [-0.39, 0.29) is 11.8 Å². The van der Waals surface area contributed by atoms with Crippen LogP contribution in [0.4, 0.5) is 5.00 Å². The molecular weight excluding hydrogens is 298 g/mol. The fourth-order valence-corrected chi connectivity index (χ4v) is 3.09. The van der Waals surface area contributed by atoms with Gasteiger partial charge in [-0.2, -0.15) is 0 Å². The Hall–Kier alpha value is -1.66. The summed E-state index contributed by atoms with van der Waals surface area (Å²) in [6.45, 7) is 5.57. The summed E-state index contributed by atoms with van der Waals surface area (Å²) >= 11 is 1.56. The van der Waals surface area contributed by atoms with E-state index in [1.165, 1.54) is 0 Å². The largest absolute Gasteiger partial charge is 0.337 e. The maximum atomic E-state index is 12.3. The molecule has 2 rings (SSSR count). The van der Waals surface area contributed by atoms with Gasteiger partial charge in [-0.05, 0) is 40.1 Å². The number of rotatable bonds is 5. The molecule has 0 aromatic carbocycles. The lowest BCUT2D eigenvalue weighted by Crippen LogP contribution is -2.61. The van der Waals surface area contributed by atoms with Crippen LogP contribution in [0.25, 0.3) is 0 Å². The lowest BCUT2D eigenvalue weighted by atomic mass is 9.81. The monoisotopic (exact) mass is 321 g/mol. The first-order valence-corrected chi connectivity index (χ1v) is 8.10. The third kappa shape index (κ3) is 3.96. The Labute approximate surface area is 135 Å². The molecule has 120 valence electrons. The number of nitrogens with one attached hydrogen (secondary N) is 1. The molecule has 1 aromatic heterocycles. The Morgan fingerprint density at radius 1 is 1.41 bits per heavy atom. The molecule has 2 amide bonds. The Morgan fingerprint density at radius 3 is 2.64 bits per heavy atom. The predicted octanol–water partition coefficient (Wildman–Crippen LogP) is 1.96. The molecule has 5 nitrogen and oxygen atoms in total. The van der Waals surface area contributed by atoms with Crippen LogP contribution < -0.4 is 5.32 Å². The summed E-state index contributed by atoms with van der Waals surface area (Å²) in [5.41, 5.74) is -0.497. The van der Waals surface area contributed by atoms with E-state index in [4.69, 9.17) is 0 Å². The van der Waals surface area contributed by atoms with Gasteiger partial charge < -0.3 is 15.1 Å². The van der Waals surface area contributed by atoms with Gasteiger partial charge in [-0.3, -0.25) is 9.59 Å². The maximum absolute atomic E-state index is 12.3. The standard InChI is InChI=1S/C16H23N3O2S/c1-12-7-8-13(22-12)17-15(21)16(2)10-19(11-16)14(20)6-5-9-18(3)4/h5-8H,9-11H2,1-4H3,(H,17,21)/b6-5+. The number of thiophene rings is 1. The average molecular weight is 321 g/mol. The van der Waals surface area contributed by atoms with Gasteiger partial charge in [-0.25, -0.2) is 0 Å². The third-order valence-electron chi connectivity index (χ3n) is 3.65. The summed E-state index contributed by atoms with van der Waals surface area (Å²) in [4.78, 5) is 29.2. The third-order valence-corrected chi connectivity index (χ3v) is 4.56. The van der Waals surface area contributed by atoms with Gasteiger partial charge in [-0.15, -0.1) is 11.3 Å². The van der Waals surface area contributed by atoms with Crippen LogP contribution in [0.1, 0.15) is 11.8 Å². The van der Waals surface area contributed by atoms with Crippen LogP contribution in [0.15, 0.2) is 24.3 Å². The summed E-state index contributed by atoms with van der Waals surface area (Å²) in [6, 6.07) is 3.89. The van der Waals surface area contributed by atoms with Crippen molar-refractivity contribution in [2.24, 2.45) is 5.41 Å². The van der Waals surface area contributed by atoms with Crippen LogP contribution >= 0.6 is 11.3 Å². The highest BCUT2D eigenvalue weighted by Crippen LogP contribution is 2.32. The second kappa shape index (κ2) is 6.62. The highest BCUT2D eigenvalue weighted by Gasteiger charge is 2.46. The van der Waals surface area contributed by atoms with Crippen molar-refractivity contribution in [2.75, 3.05) is 39.0 Å². The molecule has 1 aliphatic rings. The lowest BCUT2D eigenvalue weighted by molar-refractivity contribution is -0.145. The van der Waals surface area contributed by atoms with Crippen LogP contribution in [0.2, 0.25) is 0 Å². The number of hydrogen-bond donors (Lipinski definition) is 1. The summed E-state index contributed by atoms with van der Waals surface area (Å²) in [7, 11) is 3.90. The normalized spacial score (nSPS) is 16.9. The summed E-state index contributed by atoms with van der Waals surface area (Å²) in [5, 5.41) is 3.80. The zero-order valence-corrected chi connectivity index (χ0v) is 14.4. The number of carbonyl (C=O) groups is 2. The van der Waals surface area contributed by atoms with Crippen molar-refractivity contribution in [3.8, 4) is 0 Å². The van der Waals surface area contributed by atoms with E-state index in [0.29, 0.717) is 13.1 Å². The molecule has 0 radical (unpaired) electrons. The van der Waals surface area contributed by atoms with Gasteiger partial charge in [0.2, 0.25) is 11.8 Å². The van der Waals surface area contributed by atoms with Gasteiger partial charge in [0.25, 0.3) is 0 Å². The fourth-order valence-electron chi connectivity index (χ4n) is 2.33. The maximum Gasteiger partial charge on any atom is 0.246 e. The Morgan fingerprint density at radius 2 is 2.09 bits per heavy atom. The molecule has 1 saturated heterocycles. The predicted molar refractivity (Wildman–Crippen MR) is 90.1 cm³/mol. The van der Waals surface area contributed by atoms with Crippen molar-refractivity contribution >= 4 is 28.2 Å². The van der Waals surface area contributed by atoms with Crippen LogP contribution in [-0.2, 0) is 9.59 Å². The molecule has 0 unspecified atom stereocenters. The minimum absolute atomic E-state index is 0.0179. The SMILES string of the molecule is Cc1ccc(NC(=O)C2(C)CN(C(=O)/C=C/CN(C)C)C2)s1. The van der Waals surface area contributed by atoms with Crippen molar-refractivity contribution in [3.63, 3.8) is 0 Å². The first kappa shape index (κ1) is 16.7. The quantitative estimate of drug-likeness (QED) is 0.844. The minimum Gasteiger partial charge on any atom is -0.337 e. The molecule has 22 heavy (non-hydrogen) atoms. The van der Waals surface area contributed by atoms with Crippen molar-refractivity contribution < 1.29 is 9.59 Å². The van der Waals surface area contributed by atoms with Gasteiger partial charge in [0.15, 0.2) is 0 Å². The first-order chi connectivity index (χ1) is 10.3. The molecule has 0 atom stereocenters. The van der Waals surface area contributed by atoms with E-state index in [1.54, 1.807) is 22.3 Å². The van der Waals surface area contributed by atoms with E-state index in [2.05, 4.69) is 5.32 Å². The molecule has 0 spiro atoms. The van der Waals surface area contributed by atoms with Gasteiger partial charge in [0.05, 0.1) is 10.4 Å². The van der Waals surface area contributed by atoms with E-state index in [0.717, 1.165) is 16.4 Å². The molecule has 1 N–H and O–H groups in total. The number of likely N-dealkylation sites (N-methyl/N-ethyl adjacent to an activating group) is 1. The number of hydrogen-bond acceptors (Lipinski definition) is 4. The van der Waals surface area contributed by atoms with Crippen LogP contribution in [0, 0.1) is 12.3 Å². The molecule has 0 aliphatic carbocycles. The zero-order valence-electron chi connectivity index (χ0n) is 13.5. The van der Waals surface area contributed by atoms with Gasteiger partial charge in [0, 0.05) is 30.6 Å². The molecule has 1 aromatic rings. The highest BCUT2D eigenvalue weighted by atomic mass is 32.1. The van der Waals surface area contributed by atoms with E-state index in [9.17, 15) is 9.59 Å². The molecule has 6 heteroatoms. The number of aryl methyl sites for hydroxylation is 1. The lowest BCUT2D eigenvalue weighted by Gasteiger charge is -2.46. The molecule has 1 aliphatic heterocycles. The Kier molecular flexibility index (Phi) is 5.03. The highest BCUT2D eigenvalue weighted by molar-refractivity contribution is 7.16. The molecular formula is C16H23N3O2S. The average Bonchev–Trinajstić information content (AvgIpc) is 2.79. The smallest absolute Gasteiger partial charge is 0.246 e. The first-order valence-electron chi connectivity index (χ1n) is 7.28. The van der Waals surface area contributed by atoms with Crippen LogP contribution in [0.3, 0.4) is 0 Å². The molecule has 0 saturated carbocycles. The van der Waals surface area contributed by atoms with Crippen molar-refractivity contribution in [3.05, 3.63) is 29.2 Å². The van der Waals surface area contributed by atoms with Crippen molar-refractivity contribution in [1.82, 2.24) is 9.80 Å². The number of nitrogens with zero attached hydrogens (tertiary/aromatic N) is 2. The van der Waals surface area contributed by atoms with Gasteiger partial charge in [-0.1, -0.05) is 6.08 Å². The second-order valence-electron chi connectivity index (χ2n) is 6.28. The summed E-state index contributed by atoms with van der Waals surface area (Å²) in [6.07, 6.45) is 3.42. The van der Waals surface area contributed by atoms with E-state index in [1.807, 2.05) is 51.1 Å². The Bertz CT molecular complexity index is 586. The molecule has 2 heterocycles. The van der Waals surface area contributed by atoms with Crippen LogP contribution in [0.5, 0.6) is 0 Å². The number of anilines is 1. The van der Waals surface area contributed by atoms with Crippen molar-refractivity contribution in [1.29, 1.82) is 0 Å². The number of amides is 2. The number of likely N-dealkylation sites (tertiary alicyclic amines) is 1. The fraction of sp³-hybridized carbons (Fsp3) is 0.500. The second-order valence-corrected chi connectivity index (χ2v) is 7.57. The topological polar surface area (TPSA) is 52.7 Å². The summed E-state index contributed by atoms with van der Waals surface area (Å²) in [5.74, 6) is -0.0465. The van der Waals surface area contributed by atoms with E-state index < -0.39 is 5.41 Å². The Balaban J connectivity index is 1.84. The zero-order chi connectivity index (χ0) is 16.3. The van der Waals surface area contributed by atoms with Gasteiger partial charge >= 0.3 is 0 Å². The molecule has 1 fully saturated rings. The van der Waals surface area contributed by atoms with Crippen molar-refractivity contribution in [2.45, 2.75) is 13.8 Å². The minimum atomic E-state index is -0.497. The summed E-state index contributed by atoms with van der Waals surface area (Å²) < 4.78 is 0. The van der Waals surface area contributed by atoms with Gasteiger partial charge in [0.1, 0.15) is 0 Å².